The minimum absolute atomic E-state index is 0.102. The van der Waals surface area contributed by atoms with Crippen LogP contribution in [0.25, 0.3) is 0 Å². The molecule has 0 spiro atoms. The molecule has 0 unspecified atom stereocenters. The minimum Gasteiger partial charge on any atom is -0.373 e. The maximum absolute atomic E-state index is 13.1. The normalized spacial score (nSPS) is 24.1. The Morgan fingerprint density at radius 2 is 1.78 bits per heavy atom. The first-order valence-electron chi connectivity index (χ1n) is 10.7. The second-order valence-electron chi connectivity index (χ2n) is 8.48. The molecule has 1 amide bonds. The van der Waals surface area contributed by atoms with E-state index in [9.17, 15) is 4.79 Å². The Kier molecular flexibility index (Phi) is 7.31. The van der Waals surface area contributed by atoms with E-state index in [4.69, 9.17) is 4.74 Å². The Hall–Kier alpha value is -1.39. The van der Waals surface area contributed by atoms with Gasteiger partial charge in [0.25, 0.3) is 0 Å². The molecular weight excluding hydrogens is 336 g/mol. The van der Waals surface area contributed by atoms with Gasteiger partial charge in [0.05, 0.1) is 6.10 Å². The van der Waals surface area contributed by atoms with E-state index >= 15 is 0 Å². The molecule has 150 valence electrons. The molecule has 2 atom stereocenters. The zero-order valence-electron chi connectivity index (χ0n) is 17.3. The van der Waals surface area contributed by atoms with Crippen molar-refractivity contribution in [1.29, 1.82) is 0 Å². The molecule has 1 aromatic carbocycles. The summed E-state index contributed by atoms with van der Waals surface area (Å²) in [5.41, 5.74) is 2.56. The quantitative estimate of drug-likeness (QED) is 0.742. The molecule has 4 nitrogen and oxygen atoms in total. The molecule has 1 aliphatic heterocycles. The summed E-state index contributed by atoms with van der Waals surface area (Å²) in [6.45, 7) is 4.63. The molecule has 1 heterocycles. The van der Waals surface area contributed by atoms with Crippen LogP contribution in [0.3, 0.4) is 0 Å². The monoisotopic (exact) mass is 372 g/mol. The highest BCUT2D eigenvalue weighted by molar-refractivity contribution is 5.79. The van der Waals surface area contributed by atoms with Crippen LogP contribution in [0.2, 0.25) is 0 Å². The molecule has 0 N–H and O–H groups in total. The molecule has 2 aliphatic rings. The number of amides is 1. The summed E-state index contributed by atoms with van der Waals surface area (Å²) >= 11 is 0. The van der Waals surface area contributed by atoms with Gasteiger partial charge in [-0.05, 0) is 57.8 Å². The van der Waals surface area contributed by atoms with Crippen LogP contribution in [-0.4, -0.2) is 49.0 Å². The summed E-state index contributed by atoms with van der Waals surface area (Å²) in [5, 5.41) is 0. The summed E-state index contributed by atoms with van der Waals surface area (Å²) in [6.07, 6.45) is 7.85. The van der Waals surface area contributed by atoms with Crippen molar-refractivity contribution in [2.45, 2.75) is 70.6 Å². The molecule has 3 rings (SSSR count). The molecule has 1 saturated carbocycles. The van der Waals surface area contributed by atoms with Crippen LogP contribution in [0.5, 0.6) is 0 Å². The van der Waals surface area contributed by atoms with Gasteiger partial charge in [-0.15, -0.1) is 0 Å². The van der Waals surface area contributed by atoms with Crippen LogP contribution >= 0.6 is 0 Å². The predicted molar refractivity (Wildman–Crippen MR) is 110 cm³/mol. The third kappa shape index (κ3) is 5.32. The molecular formula is C23H36N2O2. The van der Waals surface area contributed by atoms with Gasteiger partial charge in [-0.1, -0.05) is 43.5 Å². The number of hydrogen-bond donors (Lipinski definition) is 0. The standard InChI is InChI=1S/C23H36N2O2/c1-4-25(23(26)20-8-6-5-7-9-20)21-14-15-27-22(16-21)19-12-10-18(11-13-19)17-24(2)3/h10-13,20-22H,4-9,14-17H2,1-3H3/t21-,22+/m0/s1. The number of carbonyl (C=O) groups excluding carboxylic acids is 1. The van der Waals surface area contributed by atoms with E-state index in [2.05, 4.69) is 55.1 Å². The second kappa shape index (κ2) is 9.70. The topological polar surface area (TPSA) is 32.8 Å². The summed E-state index contributed by atoms with van der Waals surface area (Å²) in [4.78, 5) is 17.4. The first kappa shape index (κ1) is 20.3. The van der Waals surface area contributed by atoms with Gasteiger partial charge in [-0.3, -0.25) is 4.79 Å². The molecule has 27 heavy (non-hydrogen) atoms. The van der Waals surface area contributed by atoms with Crippen LogP contribution in [-0.2, 0) is 16.1 Å². The smallest absolute Gasteiger partial charge is 0.225 e. The van der Waals surface area contributed by atoms with Gasteiger partial charge in [-0.25, -0.2) is 0 Å². The SMILES string of the molecule is CCN(C(=O)C1CCCCC1)[C@H]1CCO[C@@H](c2ccc(CN(C)C)cc2)C1. The highest BCUT2D eigenvalue weighted by Gasteiger charge is 2.33. The first-order chi connectivity index (χ1) is 13.1. The van der Waals surface area contributed by atoms with Gasteiger partial charge >= 0.3 is 0 Å². The largest absolute Gasteiger partial charge is 0.373 e. The zero-order valence-corrected chi connectivity index (χ0v) is 17.3. The first-order valence-corrected chi connectivity index (χ1v) is 10.7. The van der Waals surface area contributed by atoms with E-state index in [1.807, 2.05) is 0 Å². The fraction of sp³-hybridized carbons (Fsp3) is 0.696. The van der Waals surface area contributed by atoms with Crippen molar-refractivity contribution in [2.24, 2.45) is 5.92 Å². The Labute approximate surface area is 164 Å². The van der Waals surface area contributed by atoms with E-state index in [0.29, 0.717) is 11.9 Å². The number of ether oxygens (including phenoxy) is 1. The highest BCUT2D eigenvalue weighted by Crippen LogP contribution is 2.33. The molecule has 4 heteroatoms. The lowest BCUT2D eigenvalue weighted by Crippen LogP contribution is -2.46. The van der Waals surface area contributed by atoms with Gasteiger partial charge in [0.2, 0.25) is 5.91 Å². The fourth-order valence-electron chi connectivity index (χ4n) is 4.68. The van der Waals surface area contributed by atoms with Gasteiger partial charge in [0.1, 0.15) is 0 Å². The van der Waals surface area contributed by atoms with Crippen LogP contribution in [0.15, 0.2) is 24.3 Å². The maximum Gasteiger partial charge on any atom is 0.225 e. The van der Waals surface area contributed by atoms with E-state index in [1.165, 1.54) is 30.4 Å². The van der Waals surface area contributed by atoms with Crippen molar-refractivity contribution in [3.63, 3.8) is 0 Å². The maximum atomic E-state index is 13.1. The van der Waals surface area contributed by atoms with Crippen molar-refractivity contribution in [3.8, 4) is 0 Å². The number of hydrogen-bond acceptors (Lipinski definition) is 3. The van der Waals surface area contributed by atoms with Gasteiger partial charge < -0.3 is 14.5 Å². The molecule has 0 bridgehead atoms. The van der Waals surface area contributed by atoms with E-state index in [-0.39, 0.29) is 12.0 Å². The van der Waals surface area contributed by atoms with E-state index in [0.717, 1.165) is 45.4 Å². The average molecular weight is 373 g/mol. The van der Waals surface area contributed by atoms with Gasteiger partial charge in [0.15, 0.2) is 0 Å². The van der Waals surface area contributed by atoms with Crippen molar-refractivity contribution in [3.05, 3.63) is 35.4 Å². The molecule has 2 fully saturated rings. The number of benzene rings is 1. The predicted octanol–water partition coefficient (Wildman–Crippen LogP) is 4.40. The van der Waals surface area contributed by atoms with Gasteiger partial charge in [0, 0.05) is 31.7 Å². The van der Waals surface area contributed by atoms with Gasteiger partial charge in [-0.2, -0.15) is 0 Å². The van der Waals surface area contributed by atoms with Crippen LogP contribution in [0.1, 0.15) is 69.1 Å². The fourth-order valence-corrected chi connectivity index (χ4v) is 4.68. The Morgan fingerprint density at radius 3 is 2.41 bits per heavy atom. The molecule has 1 aromatic rings. The minimum atomic E-state index is 0.102. The van der Waals surface area contributed by atoms with Crippen molar-refractivity contribution in [2.75, 3.05) is 27.2 Å². The van der Waals surface area contributed by atoms with Crippen molar-refractivity contribution >= 4 is 5.91 Å². The van der Waals surface area contributed by atoms with Crippen LogP contribution in [0.4, 0.5) is 0 Å². The summed E-state index contributed by atoms with van der Waals surface area (Å²) in [6, 6.07) is 9.11. The lowest BCUT2D eigenvalue weighted by atomic mass is 9.87. The number of carbonyl (C=O) groups is 1. The number of nitrogens with zero attached hydrogens (tertiary/aromatic N) is 2. The Bertz CT molecular complexity index is 593. The summed E-state index contributed by atoms with van der Waals surface area (Å²) < 4.78 is 6.09. The summed E-state index contributed by atoms with van der Waals surface area (Å²) in [5.74, 6) is 0.648. The lowest BCUT2D eigenvalue weighted by Gasteiger charge is -2.39. The third-order valence-corrected chi connectivity index (χ3v) is 6.13. The van der Waals surface area contributed by atoms with Crippen molar-refractivity contribution in [1.82, 2.24) is 9.80 Å². The van der Waals surface area contributed by atoms with Crippen LogP contribution in [0, 0.1) is 5.92 Å². The molecule has 1 aliphatic carbocycles. The highest BCUT2D eigenvalue weighted by atomic mass is 16.5. The molecule has 0 radical (unpaired) electrons. The Balaban J connectivity index is 1.64. The second-order valence-corrected chi connectivity index (χ2v) is 8.48. The third-order valence-electron chi connectivity index (χ3n) is 6.13. The summed E-state index contributed by atoms with van der Waals surface area (Å²) in [7, 11) is 4.18. The number of rotatable bonds is 6. The van der Waals surface area contributed by atoms with Crippen molar-refractivity contribution < 1.29 is 9.53 Å². The zero-order chi connectivity index (χ0) is 19.2. The molecule has 1 saturated heterocycles. The Morgan fingerprint density at radius 1 is 1.07 bits per heavy atom. The van der Waals surface area contributed by atoms with E-state index in [1.54, 1.807) is 0 Å². The average Bonchev–Trinajstić information content (AvgIpc) is 2.69. The lowest BCUT2D eigenvalue weighted by molar-refractivity contribution is -0.142. The van der Waals surface area contributed by atoms with Crippen LogP contribution < -0.4 is 0 Å². The van der Waals surface area contributed by atoms with E-state index < -0.39 is 0 Å². The molecule has 0 aromatic heterocycles.